The summed E-state index contributed by atoms with van der Waals surface area (Å²) >= 11 is 0. The van der Waals surface area contributed by atoms with Gasteiger partial charge in [-0.1, -0.05) is 0 Å². The minimum absolute atomic E-state index is 0.309. The van der Waals surface area contributed by atoms with E-state index in [2.05, 4.69) is 10.3 Å². The minimum Gasteiger partial charge on any atom is -0.448 e. The van der Waals surface area contributed by atoms with Crippen LogP contribution in [0.4, 0.5) is 0 Å². The van der Waals surface area contributed by atoms with Crippen LogP contribution in [0.2, 0.25) is 0 Å². The summed E-state index contributed by atoms with van der Waals surface area (Å²) in [6.07, 6.45) is 5.59. The molecule has 2 atom stereocenters. The van der Waals surface area contributed by atoms with Gasteiger partial charge in [-0.05, 0) is 25.3 Å². The second kappa shape index (κ2) is 4.57. The Labute approximate surface area is 83.3 Å². The molecule has 0 aromatic carbocycles. The molecule has 0 spiro atoms. The number of hydrogen-bond acceptors (Lipinski definition) is 4. The number of aliphatic hydroxyl groups is 1. The monoisotopic (exact) mass is 196 g/mol. The first kappa shape index (κ1) is 9.68. The summed E-state index contributed by atoms with van der Waals surface area (Å²) < 4.78 is 5.10. The fraction of sp³-hybridized carbons (Fsp3) is 0.700. The van der Waals surface area contributed by atoms with E-state index in [4.69, 9.17) is 4.42 Å². The van der Waals surface area contributed by atoms with Crippen LogP contribution in [0.5, 0.6) is 0 Å². The summed E-state index contributed by atoms with van der Waals surface area (Å²) in [6, 6.07) is 0. The smallest absolute Gasteiger partial charge is 0.180 e. The van der Waals surface area contributed by atoms with E-state index in [1.807, 2.05) is 0 Å². The average Bonchev–Trinajstić information content (AvgIpc) is 2.72. The topological polar surface area (TPSA) is 58.3 Å². The molecule has 4 nitrogen and oxygen atoms in total. The molecular formula is C10H16N2O2. The molecule has 0 saturated carbocycles. The van der Waals surface area contributed by atoms with Crippen molar-refractivity contribution >= 4 is 0 Å². The van der Waals surface area contributed by atoms with Crippen LogP contribution in [0, 0.1) is 5.92 Å². The maximum Gasteiger partial charge on any atom is 0.180 e. The van der Waals surface area contributed by atoms with Crippen LogP contribution < -0.4 is 5.32 Å². The zero-order valence-electron chi connectivity index (χ0n) is 8.15. The highest BCUT2D eigenvalue weighted by Gasteiger charge is 2.22. The van der Waals surface area contributed by atoms with Crippen LogP contribution in [0.3, 0.4) is 0 Å². The Morgan fingerprint density at radius 3 is 3.29 bits per heavy atom. The van der Waals surface area contributed by atoms with E-state index in [0.29, 0.717) is 12.3 Å². The number of rotatable bonds is 3. The van der Waals surface area contributed by atoms with Crippen molar-refractivity contribution in [1.82, 2.24) is 10.3 Å². The average molecular weight is 196 g/mol. The highest BCUT2D eigenvalue weighted by molar-refractivity contribution is 4.92. The summed E-state index contributed by atoms with van der Waals surface area (Å²) in [7, 11) is 0. The van der Waals surface area contributed by atoms with Crippen molar-refractivity contribution in [2.24, 2.45) is 5.92 Å². The standard InChI is InChI=1S/C10H16N2O2/c13-10(4-9-6-12-7-14-9)8-2-1-3-11-5-8/h6-8,10-11,13H,1-5H2. The molecule has 14 heavy (non-hydrogen) atoms. The molecule has 4 heteroatoms. The third kappa shape index (κ3) is 2.33. The molecule has 78 valence electrons. The lowest BCUT2D eigenvalue weighted by Gasteiger charge is -2.26. The lowest BCUT2D eigenvalue weighted by molar-refractivity contribution is 0.0874. The molecule has 0 radical (unpaired) electrons. The SMILES string of the molecule is OC(Cc1cnco1)C1CCCNC1. The van der Waals surface area contributed by atoms with Crippen molar-refractivity contribution in [2.75, 3.05) is 13.1 Å². The Bertz CT molecular complexity index is 255. The van der Waals surface area contributed by atoms with Gasteiger partial charge >= 0.3 is 0 Å². The van der Waals surface area contributed by atoms with Gasteiger partial charge in [0.25, 0.3) is 0 Å². The minimum atomic E-state index is -0.309. The first-order chi connectivity index (χ1) is 6.86. The molecule has 1 aliphatic rings. The first-order valence-corrected chi connectivity index (χ1v) is 5.12. The Morgan fingerprint density at radius 1 is 1.71 bits per heavy atom. The first-order valence-electron chi connectivity index (χ1n) is 5.12. The predicted molar refractivity (Wildman–Crippen MR) is 51.8 cm³/mol. The highest BCUT2D eigenvalue weighted by Crippen LogP contribution is 2.17. The largest absolute Gasteiger partial charge is 0.448 e. The van der Waals surface area contributed by atoms with Gasteiger partial charge in [0.15, 0.2) is 6.39 Å². The zero-order chi connectivity index (χ0) is 9.80. The van der Waals surface area contributed by atoms with Gasteiger partial charge in [0.1, 0.15) is 5.76 Å². The van der Waals surface area contributed by atoms with Crippen LogP contribution in [0.1, 0.15) is 18.6 Å². The van der Waals surface area contributed by atoms with Crippen molar-refractivity contribution in [2.45, 2.75) is 25.4 Å². The van der Waals surface area contributed by atoms with Gasteiger partial charge in [-0.2, -0.15) is 0 Å². The number of aliphatic hydroxyl groups excluding tert-OH is 1. The number of aromatic nitrogens is 1. The third-order valence-corrected chi connectivity index (χ3v) is 2.77. The van der Waals surface area contributed by atoms with Gasteiger partial charge in [-0.25, -0.2) is 4.98 Å². The predicted octanol–water partition coefficient (Wildman–Crippen LogP) is 0.578. The fourth-order valence-electron chi connectivity index (χ4n) is 1.92. The Morgan fingerprint density at radius 2 is 2.64 bits per heavy atom. The number of hydrogen-bond donors (Lipinski definition) is 2. The molecule has 1 aromatic heterocycles. The zero-order valence-corrected chi connectivity index (χ0v) is 8.15. The molecule has 1 saturated heterocycles. The van der Waals surface area contributed by atoms with Gasteiger partial charge in [-0.3, -0.25) is 0 Å². The van der Waals surface area contributed by atoms with Crippen LogP contribution in [-0.4, -0.2) is 29.3 Å². The summed E-state index contributed by atoms with van der Waals surface area (Å²) in [5.74, 6) is 1.12. The van der Waals surface area contributed by atoms with Crippen molar-refractivity contribution in [3.8, 4) is 0 Å². The van der Waals surface area contributed by atoms with Crippen molar-refractivity contribution in [1.29, 1.82) is 0 Å². The summed E-state index contributed by atoms with van der Waals surface area (Å²) in [5.41, 5.74) is 0. The summed E-state index contributed by atoms with van der Waals surface area (Å²) in [5, 5.41) is 13.2. The fourth-order valence-corrected chi connectivity index (χ4v) is 1.92. The van der Waals surface area contributed by atoms with Crippen LogP contribution in [0.15, 0.2) is 17.0 Å². The molecule has 0 amide bonds. The van der Waals surface area contributed by atoms with Crippen LogP contribution >= 0.6 is 0 Å². The molecule has 2 rings (SSSR count). The third-order valence-electron chi connectivity index (χ3n) is 2.77. The van der Waals surface area contributed by atoms with E-state index < -0.39 is 0 Å². The Kier molecular flexibility index (Phi) is 3.16. The summed E-state index contributed by atoms with van der Waals surface area (Å²) in [6.45, 7) is 1.99. The van der Waals surface area contributed by atoms with Gasteiger partial charge in [0, 0.05) is 13.0 Å². The molecule has 1 aliphatic heterocycles. The molecule has 2 heterocycles. The Hall–Kier alpha value is -0.870. The van der Waals surface area contributed by atoms with Gasteiger partial charge < -0.3 is 14.8 Å². The molecule has 1 aromatic rings. The molecule has 2 N–H and O–H groups in total. The Balaban J connectivity index is 1.85. The number of oxazole rings is 1. The molecule has 0 bridgehead atoms. The second-order valence-corrected chi connectivity index (χ2v) is 3.85. The normalized spacial score (nSPS) is 24.8. The molecule has 0 aliphatic carbocycles. The maximum atomic E-state index is 9.92. The van der Waals surface area contributed by atoms with E-state index in [1.54, 1.807) is 6.20 Å². The van der Waals surface area contributed by atoms with E-state index in [0.717, 1.165) is 31.7 Å². The maximum absolute atomic E-state index is 9.92. The lowest BCUT2D eigenvalue weighted by Crippen LogP contribution is -2.37. The quantitative estimate of drug-likeness (QED) is 0.742. The van der Waals surface area contributed by atoms with E-state index >= 15 is 0 Å². The van der Waals surface area contributed by atoms with Crippen molar-refractivity contribution < 1.29 is 9.52 Å². The molecular weight excluding hydrogens is 180 g/mol. The van der Waals surface area contributed by atoms with Crippen LogP contribution in [-0.2, 0) is 6.42 Å². The van der Waals surface area contributed by atoms with Gasteiger partial charge in [-0.15, -0.1) is 0 Å². The lowest BCUT2D eigenvalue weighted by atomic mass is 9.91. The number of piperidine rings is 1. The number of nitrogens with zero attached hydrogens (tertiary/aromatic N) is 1. The van der Waals surface area contributed by atoms with Crippen molar-refractivity contribution in [3.05, 3.63) is 18.4 Å². The van der Waals surface area contributed by atoms with Crippen LogP contribution in [0.25, 0.3) is 0 Å². The van der Waals surface area contributed by atoms with Gasteiger partial charge in [0.2, 0.25) is 0 Å². The van der Waals surface area contributed by atoms with E-state index in [-0.39, 0.29) is 6.10 Å². The number of nitrogens with one attached hydrogen (secondary N) is 1. The second-order valence-electron chi connectivity index (χ2n) is 3.85. The molecule has 1 fully saturated rings. The van der Waals surface area contributed by atoms with E-state index in [1.165, 1.54) is 6.39 Å². The molecule has 2 unspecified atom stereocenters. The van der Waals surface area contributed by atoms with E-state index in [9.17, 15) is 5.11 Å². The highest BCUT2D eigenvalue weighted by atomic mass is 16.3. The van der Waals surface area contributed by atoms with Crippen molar-refractivity contribution in [3.63, 3.8) is 0 Å². The van der Waals surface area contributed by atoms with Gasteiger partial charge in [0.05, 0.1) is 12.3 Å². The summed E-state index contributed by atoms with van der Waals surface area (Å²) in [4.78, 5) is 3.83.